The van der Waals surface area contributed by atoms with Gasteiger partial charge in [0.25, 0.3) is 0 Å². The van der Waals surface area contributed by atoms with E-state index in [1.807, 2.05) is 0 Å². The van der Waals surface area contributed by atoms with E-state index in [9.17, 15) is 0 Å². The minimum absolute atomic E-state index is 0.485. The Morgan fingerprint density at radius 2 is 1.21 bits per heavy atom. The van der Waals surface area contributed by atoms with Crippen LogP contribution in [0.5, 0.6) is 0 Å². The highest BCUT2D eigenvalue weighted by atomic mass is 14.2. The molecule has 0 spiro atoms. The quantitative estimate of drug-likeness (QED) is 0.495. The Bertz CT molecular complexity index is 726. The van der Waals surface area contributed by atoms with Gasteiger partial charge in [-0.15, -0.1) is 0 Å². The standard InChI is InChI=1S/C24H26/c1-3-20-14-16-23(17-15-20)24(18-21-10-6-4-7-11-21)19(2)22-12-8-5-9-13-22/h4-17,19,24H,3,18H2,1-2H3. The lowest BCUT2D eigenvalue weighted by Gasteiger charge is -2.25. The molecule has 3 aromatic carbocycles. The van der Waals surface area contributed by atoms with Gasteiger partial charge in [0.2, 0.25) is 0 Å². The summed E-state index contributed by atoms with van der Waals surface area (Å²) in [7, 11) is 0. The molecule has 2 atom stereocenters. The molecule has 0 aliphatic carbocycles. The Morgan fingerprint density at radius 1 is 0.625 bits per heavy atom. The van der Waals surface area contributed by atoms with Crippen molar-refractivity contribution < 1.29 is 0 Å². The van der Waals surface area contributed by atoms with Gasteiger partial charge >= 0.3 is 0 Å². The van der Waals surface area contributed by atoms with Crippen molar-refractivity contribution in [3.8, 4) is 0 Å². The Morgan fingerprint density at radius 3 is 1.79 bits per heavy atom. The lowest BCUT2D eigenvalue weighted by Crippen LogP contribution is -2.12. The molecule has 0 heterocycles. The van der Waals surface area contributed by atoms with Gasteiger partial charge in [-0.2, -0.15) is 0 Å². The van der Waals surface area contributed by atoms with Crippen LogP contribution < -0.4 is 0 Å². The van der Waals surface area contributed by atoms with Crippen LogP contribution in [-0.2, 0) is 12.8 Å². The van der Waals surface area contributed by atoms with Crippen molar-refractivity contribution >= 4 is 0 Å². The van der Waals surface area contributed by atoms with Gasteiger partial charge in [-0.1, -0.05) is 98.8 Å². The summed E-state index contributed by atoms with van der Waals surface area (Å²) < 4.78 is 0. The lowest BCUT2D eigenvalue weighted by molar-refractivity contribution is 0.572. The summed E-state index contributed by atoms with van der Waals surface area (Å²) >= 11 is 0. The highest BCUT2D eigenvalue weighted by Gasteiger charge is 2.21. The third-order valence-electron chi connectivity index (χ3n) is 5.04. The molecule has 0 nitrogen and oxygen atoms in total. The number of hydrogen-bond acceptors (Lipinski definition) is 0. The van der Waals surface area contributed by atoms with Crippen LogP contribution in [0.15, 0.2) is 84.9 Å². The largest absolute Gasteiger partial charge is 0.0622 e. The second kappa shape index (κ2) is 7.97. The van der Waals surface area contributed by atoms with Crippen LogP contribution in [0.1, 0.15) is 47.9 Å². The average molecular weight is 314 g/mol. The molecule has 0 aliphatic rings. The van der Waals surface area contributed by atoms with Crippen molar-refractivity contribution in [3.05, 3.63) is 107 Å². The zero-order valence-electron chi connectivity index (χ0n) is 14.7. The number of benzene rings is 3. The van der Waals surface area contributed by atoms with E-state index in [-0.39, 0.29) is 0 Å². The van der Waals surface area contributed by atoms with Gasteiger partial charge < -0.3 is 0 Å². The van der Waals surface area contributed by atoms with Crippen LogP contribution >= 0.6 is 0 Å². The van der Waals surface area contributed by atoms with Gasteiger partial charge in [-0.3, -0.25) is 0 Å². The fourth-order valence-electron chi connectivity index (χ4n) is 3.44. The molecule has 0 bridgehead atoms. The van der Waals surface area contributed by atoms with Crippen LogP contribution in [0.4, 0.5) is 0 Å². The Kier molecular flexibility index (Phi) is 5.48. The van der Waals surface area contributed by atoms with Crippen LogP contribution in [0, 0.1) is 0 Å². The zero-order valence-corrected chi connectivity index (χ0v) is 14.7. The van der Waals surface area contributed by atoms with Crippen LogP contribution in [0.2, 0.25) is 0 Å². The minimum Gasteiger partial charge on any atom is -0.0622 e. The van der Waals surface area contributed by atoms with Crippen molar-refractivity contribution in [2.24, 2.45) is 0 Å². The van der Waals surface area contributed by atoms with Gasteiger partial charge in [0, 0.05) is 0 Å². The van der Waals surface area contributed by atoms with Crippen LogP contribution in [0.3, 0.4) is 0 Å². The zero-order chi connectivity index (χ0) is 16.8. The smallest absolute Gasteiger partial charge is 0.00553 e. The molecule has 0 radical (unpaired) electrons. The molecule has 0 heteroatoms. The highest BCUT2D eigenvalue weighted by Crippen LogP contribution is 2.35. The van der Waals surface area contributed by atoms with Crippen molar-refractivity contribution in [2.45, 2.75) is 38.5 Å². The topological polar surface area (TPSA) is 0 Å². The summed E-state index contributed by atoms with van der Waals surface area (Å²) in [5.74, 6) is 0.972. The van der Waals surface area contributed by atoms with E-state index in [1.54, 1.807) is 0 Å². The molecular weight excluding hydrogens is 288 g/mol. The normalized spacial score (nSPS) is 13.4. The molecule has 2 unspecified atom stereocenters. The van der Waals surface area contributed by atoms with E-state index < -0.39 is 0 Å². The molecule has 3 rings (SSSR count). The van der Waals surface area contributed by atoms with E-state index in [1.165, 1.54) is 22.3 Å². The number of rotatable bonds is 6. The molecule has 0 aromatic heterocycles. The van der Waals surface area contributed by atoms with Crippen molar-refractivity contribution in [2.75, 3.05) is 0 Å². The average Bonchev–Trinajstić information content (AvgIpc) is 2.67. The van der Waals surface area contributed by atoms with E-state index in [4.69, 9.17) is 0 Å². The fourth-order valence-corrected chi connectivity index (χ4v) is 3.44. The molecule has 0 fully saturated rings. The third kappa shape index (κ3) is 3.94. The molecule has 0 aliphatic heterocycles. The molecule has 0 amide bonds. The Balaban J connectivity index is 1.93. The summed E-state index contributed by atoms with van der Waals surface area (Å²) in [6.07, 6.45) is 2.17. The molecule has 0 saturated heterocycles. The Labute approximate surface area is 146 Å². The van der Waals surface area contributed by atoms with E-state index in [2.05, 4.69) is 98.8 Å². The van der Waals surface area contributed by atoms with E-state index in [0.29, 0.717) is 11.8 Å². The molecule has 0 saturated carbocycles. The van der Waals surface area contributed by atoms with Crippen LogP contribution in [-0.4, -0.2) is 0 Å². The predicted octanol–water partition coefficient (Wildman–Crippen LogP) is 6.38. The van der Waals surface area contributed by atoms with Crippen molar-refractivity contribution in [3.63, 3.8) is 0 Å². The highest BCUT2D eigenvalue weighted by molar-refractivity contribution is 5.32. The summed E-state index contributed by atoms with van der Waals surface area (Å²) in [5.41, 5.74) is 5.67. The number of aryl methyl sites for hydroxylation is 1. The first-order chi connectivity index (χ1) is 11.8. The monoisotopic (exact) mass is 314 g/mol. The predicted molar refractivity (Wildman–Crippen MR) is 104 cm³/mol. The lowest BCUT2D eigenvalue weighted by atomic mass is 9.79. The van der Waals surface area contributed by atoms with E-state index in [0.717, 1.165) is 12.8 Å². The van der Waals surface area contributed by atoms with E-state index >= 15 is 0 Å². The first kappa shape index (κ1) is 16.5. The molecule has 3 aromatic rings. The van der Waals surface area contributed by atoms with Crippen molar-refractivity contribution in [1.29, 1.82) is 0 Å². The van der Waals surface area contributed by atoms with Gasteiger partial charge in [0.05, 0.1) is 0 Å². The summed E-state index contributed by atoms with van der Waals surface area (Å²) in [6.45, 7) is 4.57. The second-order valence-corrected chi connectivity index (χ2v) is 6.59. The summed E-state index contributed by atoms with van der Waals surface area (Å²) in [5, 5.41) is 0. The Hall–Kier alpha value is -2.34. The first-order valence-corrected chi connectivity index (χ1v) is 8.95. The molecular formula is C24H26. The molecule has 0 N–H and O–H groups in total. The summed E-state index contributed by atoms with van der Waals surface area (Å²) in [6, 6.07) is 31.0. The number of hydrogen-bond donors (Lipinski definition) is 0. The van der Waals surface area contributed by atoms with Gasteiger partial charge in [-0.25, -0.2) is 0 Å². The second-order valence-electron chi connectivity index (χ2n) is 6.59. The molecule has 122 valence electrons. The molecule has 24 heavy (non-hydrogen) atoms. The van der Waals surface area contributed by atoms with Gasteiger partial charge in [0.15, 0.2) is 0 Å². The van der Waals surface area contributed by atoms with Crippen LogP contribution in [0.25, 0.3) is 0 Å². The maximum atomic E-state index is 2.36. The maximum Gasteiger partial charge on any atom is -0.00553 e. The minimum atomic E-state index is 0.485. The van der Waals surface area contributed by atoms with Gasteiger partial charge in [0.1, 0.15) is 0 Å². The maximum absolute atomic E-state index is 2.36. The van der Waals surface area contributed by atoms with Gasteiger partial charge in [-0.05, 0) is 46.9 Å². The first-order valence-electron chi connectivity index (χ1n) is 8.95. The SMILES string of the molecule is CCc1ccc(C(Cc2ccccc2)C(C)c2ccccc2)cc1. The van der Waals surface area contributed by atoms with Crippen molar-refractivity contribution in [1.82, 2.24) is 0 Å². The third-order valence-corrected chi connectivity index (χ3v) is 5.04. The summed E-state index contributed by atoms with van der Waals surface area (Å²) in [4.78, 5) is 0. The fraction of sp³-hybridized carbons (Fsp3) is 0.250.